The van der Waals surface area contributed by atoms with E-state index < -0.39 is 35.8 Å². The van der Waals surface area contributed by atoms with Gasteiger partial charge in [0.25, 0.3) is 0 Å². The number of carbonyl (C=O) groups excluding carboxylic acids is 3. The lowest BCUT2D eigenvalue weighted by atomic mass is 10.0. The van der Waals surface area contributed by atoms with E-state index in [2.05, 4.69) is 5.32 Å². The predicted octanol–water partition coefficient (Wildman–Crippen LogP) is 3.00. The van der Waals surface area contributed by atoms with Crippen molar-refractivity contribution in [3.63, 3.8) is 0 Å². The minimum atomic E-state index is -0.723. The van der Waals surface area contributed by atoms with Crippen LogP contribution in [0.1, 0.15) is 52.0 Å². The Bertz CT molecular complexity index is 763. The molecule has 1 aliphatic heterocycles. The number of hydrogen-bond donors (Lipinski definition) is 2. The number of benzene rings is 1. The Labute approximate surface area is 189 Å². The first-order valence-electron chi connectivity index (χ1n) is 10.8. The number of likely N-dealkylation sites (tertiary alicyclic amines) is 1. The van der Waals surface area contributed by atoms with Gasteiger partial charge in [-0.15, -0.1) is 0 Å². The smallest absolute Gasteiger partial charge is 0.411 e. The number of nitrogens with one attached hydrogen (secondary N) is 1. The Morgan fingerprint density at radius 1 is 1.19 bits per heavy atom. The molecule has 1 saturated heterocycles. The summed E-state index contributed by atoms with van der Waals surface area (Å²) in [6.07, 6.45) is 0.708. The molecule has 1 heterocycles. The van der Waals surface area contributed by atoms with Crippen LogP contribution in [0.5, 0.6) is 0 Å². The van der Waals surface area contributed by atoms with Gasteiger partial charge in [0.15, 0.2) is 0 Å². The summed E-state index contributed by atoms with van der Waals surface area (Å²) < 4.78 is 15.6. The number of hydrogen-bond acceptors (Lipinski definition) is 7. The van der Waals surface area contributed by atoms with Crippen LogP contribution in [0.3, 0.4) is 0 Å². The maximum Gasteiger partial charge on any atom is 0.411 e. The highest BCUT2D eigenvalue weighted by Crippen LogP contribution is 2.29. The lowest BCUT2D eigenvalue weighted by molar-refractivity contribution is -0.145. The van der Waals surface area contributed by atoms with Crippen molar-refractivity contribution in [3.8, 4) is 0 Å². The molecule has 0 aliphatic carbocycles. The average molecular weight is 451 g/mol. The van der Waals surface area contributed by atoms with Gasteiger partial charge < -0.3 is 24.6 Å². The highest BCUT2D eigenvalue weighted by Gasteiger charge is 2.42. The molecule has 2 rings (SSSR count). The fraction of sp³-hybridized carbons (Fsp3) is 0.609. The zero-order chi connectivity index (χ0) is 23.7. The third kappa shape index (κ3) is 7.71. The van der Waals surface area contributed by atoms with Crippen LogP contribution in [0.2, 0.25) is 0 Å². The fourth-order valence-corrected chi connectivity index (χ4v) is 3.68. The van der Waals surface area contributed by atoms with E-state index in [0.29, 0.717) is 25.7 Å². The molecule has 3 atom stereocenters. The van der Waals surface area contributed by atoms with Gasteiger partial charge in [0.2, 0.25) is 0 Å². The van der Waals surface area contributed by atoms with Gasteiger partial charge in [-0.1, -0.05) is 30.3 Å². The summed E-state index contributed by atoms with van der Waals surface area (Å²) in [6.45, 7) is 5.09. The van der Waals surface area contributed by atoms with Crippen molar-refractivity contribution in [2.45, 2.75) is 76.8 Å². The molecule has 1 aromatic carbocycles. The van der Waals surface area contributed by atoms with E-state index in [9.17, 15) is 19.5 Å². The van der Waals surface area contributed by atoms with Gasteiger partial charge in [-0.05, 0) is 52.0 Å². The van der Waals surface area contributed by atoms with E-state index in [0.717, 1.165) is 5.56 Å². The molecular formula is C23H34N2O7. The molecule has 32 heavy (non-hydrogen) atoms. The molecule has 9 nitrogen and oxygen atoms in total. The van der Waals surface area contributed by atoms with E-state index >= 15 is 0 Å². The van der Waals surface area contributed by atoms with Crippen LogP contribution in [0.25, 0.3) is 0 Å². The van der Waals surface area contributed by atoms with Crippen LogP contribution in [-0.2, 0) is 25.6 Å². The van der Waals surface area contributed by atoms with Crippen molar-refractivity contribution >= 4 is 18.2 Å². The Hall–Kier alpha value is -2.81. The second-order valence-electron chi connectivity index (χ2n) is 8.82. The van der Waals surface area contributed by atoms with Gasteiger partial charge in [-0.3, -0.25) is 4.90 Å². The summed E-state index contributed by atoms with van der Waals surface area (Å²) >= 11 is 0. The molecule has 1 fully saturated rings. The molecule has 178 valence electrons. The summed E-state index contributed by atoms with van der Waals surface area (Å²) in [6, 6.07) is 7.73. The second kappa shape index (κ2) is 11.7. The molecule has 1 aliphatic rings. The number of esters is 1. The summed E-state index contributed by atoms with van der Waals surface area (Å²) in [5.74, 6) is -0.491. The molecule has 2 amide bonds. The Balaban J connectivity index is 2.00. The minimum Gasteiger partial charge on any atom is -0.467 e. The molecule has 0 aromatic heterocycles. The highest BCUT2D eigenvalue weighted by molar-refractivity contribution is 5.82. The van der Waals surface area contributed by atoms with Crippen LogP contribution in [-0.4, -0.2) is 65.6 Å². The lowest BCUT2D eigenvalue weighted by Crippen LogP contribution is -2.46. The van der Waals surface area contributed by atoms with Crippen LogP contribution in [0, 0.1) is 0 Å². The molecular weight excluding hydrogens is 416 g/mol. The Kier molecular flexibility index (Phi) is 9.31. The number of rotatable bonds is 8. The van der Waals surface area contributed by atoms with Crippen LogP contribution >= 0.6 is 0 Å². The summed E-state index contributed by atoms with van der Waals surface area (Å²) in [5.41, 5.74) is 0.191. The minimum absolute atomic E-state index is 0.0935. The number of alkyl carbamates (subject to hydrolysis) is 1. The molecule has 1 aromatic rings. The van der Waals surface area contributed by atoms with Gasteiger partial charge in [0.05, 0.1) is 19.8 Å². The maximum atomic E-state index is 12.9. The van der Waals surface area contributed by atoms with Gasteiger partial charge in [0, 0.05) is 6.04 Å². The zero-order valence-corrected chi connectivity index (χ0v) is 19.2. The van der Waals surface area contributed by atoms with Crippen LogP contribution < -0.4 is 5.32 Å². The van der Waals surface area contributed by atoms with Gasteiger partial charge >= 0.3 is 18.2 Å². The fourth-order valence-electron chi connectivity index (χ4n) is 3.68. The van der Waals surface area contributed by atoms with Crippen LogP contribution in [0.15, 0.2) is 30.3 Å². The first-order valence-corrected chi connectivity index (χ1v) is 10.8. The van der Waals surface area contributed by atoms with Gasteiger partial charge in [0.1, 0.15) is 18.2 Å². The van der Waals surface area contributed by atoms with E-state index in [4.69, 9.17) is 14.2 Å². The van der Waals surface area contributed by atoms with E-state index in [-0.39, 0.29) is 19.3 Å². The number of methoxy groups -OCH3 is 1. The van der Waals surface area contributed by atoms with E-state index in [1.165, 1.54) is 12.0 Å². The van der Waals surface area contributed by atoms with Crippen molar-refractivity contribution in [1.29, 1.82) is 0 Å². The Morgan fingerprint density at radius 2 is 1.88 bits per heavy atom. The summed E-state index contributed by atoms with van der Waals surface area (Å²) in [5, 5.41) is 12.3. The first kappa shape index (κ1) is 25.5. The third-order valence-corrected chi connectivity index (χ3v) is 5.18. The standard InChI is InChI=1S/C23H34N2O7/c1-23(2,3)32-21(28)24-17(14-26)10-11-18-12-13-19(20(27)30-4)25(18)22(29)31-15-16-8-6-5-7-9-16/h5-9,17-19,26H,10-15H2,1-4H3,(H,24,28)/t17-,18+,19+/m1/s1. The lowest BCUT2D eigenvalue weighted by Gasteiger charge is -2.29. The normalized spacial score (nSPS) is 19.2. The average Bonchev–Trinajstić information content (AvgIpc) is 3.17. The SMILES string of the molecule is COC(=O)[C@@H]1CC[C@H](CC[C@H](CO)NC(=O)OC(C)(C)C)N1C(=O)OCc1ccccc1. The van der Waals surface area contributed by atoms with Crippen molar-refractivity contribution in [2.24, 2.45) is 0 Å². The van der Waals surface area contributed by atoms with Gasteiger partial charge in [-0.2, -0.15) is 0 Å². The van der Waals surface area contributed by atoms with E-state index in [1.807, 2.05) is 30.3 Å². The summed E-state index contributed by atoms with van der Waals surface area (Å²) in [7, 11) is 1.29. The molecule has 0 saturated carbocycles. The first-order chi connectivity index (χ1) is 15.1. The van der Waals surface area contributed by atoms with Crippen molar-refractivity contribution in [3.05, 3.63) is 35.9 Å². The van der Waals surface area contributed by atoms with E-state index in [1.54, 1.807) is 20.8 Å². The molecule has 2 N–H and O–H groups in total. The molecule has 0 bridgehead atoms. The quantitative estimate of drug-likeness (QED) is 0.462. The number of ether oxygens (including phenoxy) is 3. The zero-order valence-electron chi connectivity index (χ0n) is 19.2. The number of nitrogens with zero attached hydrogens (tertiary/aromatic N) is 1. The largest absolute Gasteiger partial charge is 0.467 e. The third-order valence-electron chi connectivity index (χ3n) is 5.18. The maximum absolute atomic E-state index is 12.9. The van der Waals surface area contributed by atoms with Crippen LogP contribution in [0.4, 0.5) is 9.59 Å². The number of amides is 2. The molecule has 0 unspecified atom stereocenters. The van der Waals surface area contributed by atoms with Gasteiger partial charge in [-0.25, -0.2) is 14.4 Å². The highest BCUT2D eigenvalue weighted by atomic mass is 16.6. The topological polar surface area (TPSA) is 114 Å². The Morgan fingerprint density at radius 3 is 2.47 bits per heavy atom. The monoisotopic (exact) mass is 450 g/mol. The molecule has 0 spiro atoms. The van der Waals surface area contributed by atoms with Crippen molar-refractivity contribution in [1.82, 2.24) is 10.2 Å². The van der Waals surface area contributed by atoms with Crippen molar-refractivity contribution < 1.29 is 33.7 Å². The predicted molar refractivity (Wildman–Crippen MR) is 117 cm³/mol. The number of carbonyl (C=O) groups is 3. The molecule has 0 radical (unpaired) electrons. The molecule has 9 heteroatoms. The van der Waals surface area contributed by atoms with Crippen molar-refractivity contribution in [2.75, 3.05) is 13.7 Å². The summed E-state index contributed by atoms with van der Waals surface area (Å²) in [4.78, 5) is 38.5. The number of aliphatic hydroxyl groups is 1. The number of aliphatic hydroxyl groups excluding tert-OH is 1. The second-order valence-corrected chi connectivity index (χ2v) is 8.82.